The molecule has 0 radical (unpaired) electrons. The highest BCUT2D eigenvalue weighted by Gasteiger charge is 2.18. The fourth-order valence-corrected chi connectivity index (χ4v) is 1.85. The monoisotopic (exact) mass is 214 g/mol. The van der Waals surface area contributed by atoms with Gasteiger partial charge in [-0.25, -0.2) is 4.79 Å². The van der Waals surface area contributed by atoms with Gasteiger partial charge in [0.25, 0.3) is 0 Å². The summed E-state index contributed by atoms with van der Waals surface area (Å²) in [6.07, 6.45) is 3.52. The summed E-state index contributed by atoms with van der Waals surface area (Å²) in [5, 5.41) is 0. The van der Waals surface area contributed by atoms with Crippen LogP contribution in [-0.2, 0) is 0 Å². The maximum Gasteiger partial charge on any atom is 0.314 e. The lowest BCUT2D eigenvalue weighted by Gasteiger charge is -2.33. The molecule has 1 aliphatic rings. The van der Waals surface area contributed by atoms with Crippen LogP contribution in [0.5, 0.6) is 0 Å². The lowest BCUT2D eigenvalue weighted by atomic mass is 10.2. The van der Waals surface area contributed by atoms with Crippen molar-refractivity contribution < 1.29 is 4.79 Å². The number of hydrogen-bond acceptors (Lipinski definition) is 3. The smallest absolute Gasteiger partial charge is 0.314 e. The molecule has 1 heterocycles. The fourth-order valence-electron chi connectivity index (χ4n) is 1.85. The molecule has 1 rings (SSSR count). The Bertz CT molecular complexity index is 190. The molecule has 1 fully saturated rings. The first-order valence-corrected chi connectivity index (χ1v) is 5.71. The second kappa shape index (κ2) is 6.63. The number of piperazine rings is 1. The van der Waals surface area contributed by atoms with Crippen LogP contribution in [0.1, 0.15) is 19.3 Å². The standard InChI is InChI=1S/C10H22N4O/c11-4-2-1-3-5-13-6-8-14(9-7-13)10(12)15/h1-9,11H2,(H2,12,15). The summed E-state index contributed by atoms with van der Waals surface area (Å²) in [6, 6.07) is -0.294. The summed E-state index contributed by atoms with van der Waals surface area (Å²) in [5.74, 6) is 0. The lowest BCUT2D eigenvalue weighted by molar-refractivity contribution is 0.143. The number of unbranched alkanes of at least 4 members (excludes halogenated alkanes) is 2. The number of urea groups is 1. The van der Waals surface area contributed by atoms with E-state index in [-0.39, 0.29) is 6.03 Å². The van der Waals surface area contributed by atoms with Gasteiger partial charge in [0.05, 0.1) is 0 Å². The van der Waals surface area contributed by atoms with Crippen LogP contribution in [-0.4, -0.2) is 55.1 Å². The van der Waals surface area contributed by atoms with Crippen molar-refractivity contribution >= 4 is 6.03 Å². The molecule has 0 spiro atoms. The molecule has 1 saturated heterocycles. The Morgan fingerprint density at radius 1 is 1.07 bits per heavy atom. The molecule has 0 aromatic rings. The molecule has 0 bridgehead atoms. The average Bonchev–Trinajstić information content (AvgIpc) is 2.25. The van der Waals surface area contributed by atoms with Crippen LogP contribution in [0.4, 0.5) is 4.79 Å². The Morgan fingerprint density at radius 3 is 2.27 bits per heavy atom. The zero-order valence-electron chi connectivity index (χ0n) is 9.32. The number of hydrogen-bond donors (Lipinski definition) is 2. The zero-order chi connectivity index (χ0) is 11.1. The van der Waals surface area contributed by atoms with E-state index in [9.17, 15) is 4.79 Å². The summed E-state index contributed by atoms with van der Waals surface area (Å²) >= 11 is 0. The largest absolute Gasteiger partial charge is 0.351 e. The Morgan fingerprint density at radius 2 is 1.73 bits per heavy atom. The number of nitrogens with zero attached hydrogens (tertiary/aromatic N) is 2. The summed E-state index contributed by atoms with van der Waals surface area (Å²) < 4.78 is 0. The maximum atomic E-state index is 10.9. The highest BCUT2D eigenvalue weighted by Crippen LogP contribution is 2.03. The normalized spacial score (nSPS) is 18.1. The molecular formula is C10H22N4O. The highest BCUT2D eigenvalue weighted by atomic mass is 16.2. The number of nitrogens with two attached hydrogens (primary N) is 2. The molecule has 0 atom stereocenters. The van der Waals surface area contributed by atoms with Crippen LogP contribution in [0.25, 0.3) is 0 Å². The molecule has 0 aromatic heterocycles. The van der Waals surface area contributed by atoms with Crippen molar-refractivity contribution in [2.24, 2.45) is 11.5 Å². The van der Waals surface area contributed by atoms with Crippen molar-refractivity contribution in [1.29, 1.82) is 0 Å². The first kappa shape index (κ1) is 12.3. The average molecular weight is 214 g/mol. The van der Waals surface area contributed by atoms with E-state index in [1.807, 2.05) is 0 Å². The van der Waals surface area contributed by atoms with Gasteiger partial charge in [-0.15, -0.1) is 0 Å². The molecule has 5 heteroatoms. The van der Waals surface area contributed by atoms with E-state index in [0.717, 1.165) is 45.7 Å². The molecule has 4 N–H and O–H groups in total. The van der Waals surface area contributed by atoms with E-state index >= 15 is 0 Å². The number of carbonyl (C=O) groups is 1. The first-order valence-electron chi connectivity index (χ1n) is 5.71. The van der Waals surface area contributed by atoms with Gasteiger partial charge in [-0.1, -0.05) is 6.42 Å². The van der Waals surface area contributed by atoms with Crippen LogP contribution in [0.3, 0.4) is 0 Å². The predicted octanol–water partition coefficient (Wildman–Crippen LogP) is -0.188. The molecule has 0 saturated carbocycles. The van der Waals surface area contributed by atoms with Crippen molar-refractivity contribution in [2.45, 2.75) is 19.3 Å². The second-order valence-electron chi connectivity index (χ2n) is 4.02. The molecule has 0 unspecified atom stereocenters. The summed E-state index contributed by atoms with van der Waals surface area (Å²) in [4.78, 5) is 15.0. The number of carbonyl (C=O) groups excluding carboxylic acids is 1. The van der Waals surface area contributed by atoms with Gasteiger partial charge in [-0.3, -0.25) is 4.90 Å². The van der Waals surface area contributed by atoms with Gasteiger partial charge in [0, 0.05) is 26.2 Å². The van der Waals surface area contributed by atoms with Crippen LogP contribution < -0.4 is 11.5 Å². The van der Waals surface area contributed by atoms with Gasteiger partial charge in [0.1, 0.15) is 0 Å². The van der Waals surface area contributed by atoms with Crippen LogP contribution in [0.15, 0.2) is 0 Å². The quantitative estimate of drug-likeness (QED) is 0.623. The second-order valence-corrected chi connectivity index (χ2v) is 4.02. The minimum Gasteiger partial charge on any atom is -0.351 e. The topological polar surface area (TPSA) is 75.6 Å². The van der Waals surface area contributed by atoms with Gasteiger partial charge >= 0.3 is 6.03 Å². The van der Waals surface area contributed by atoms with Crippen molar-refractivity contribution in [3.8, 4) is 0 Å². The van der Waals surface area contributed by atoms with Gasteiger partial charge in [0.15, 0.2) is 0 Å². The first-order chi connectivity index (χ1) is 7.24. The summed E-state index contributed by atoms with van der Waals surface area (Å²) in [5.41, 5.74) is 10.6. The van der Waals surface area contributed by atoms with E-state index < -0.39 is 0 Å². The number of amides is 2. The summed E-state index contributed by atoms with van der Waals surface area (Å²) in [6.45, 7) is 5.34. The van der Waals surface area contributed by atoms with Crippen molar-refractivity contribution in [2.75, 3.05) is 39.3 Å². The minimum atomic E-state index is -0.294. The van der Waals surface area contributed by atoms with Gasteiger partial charge < -0.3 is 16.4 Å². The minimum absolute atomic E-state index is 0.294. The molecule has 15 heavy (non-hydrogen) atoms. The molecular weight excluding hydrogens is 192 g/mol. The van der Waals surface area contributed by atoms with Gasteiger partial charge in [-0.05, 0) is 25.9 Å². The molecule has 0 aromatic carbocycles. The van der Waals surface area contributed by atoms with Gasteiger partial charge in [-0.2, -0.15) is 0 Å². The zero-order valence-corrected chi connectivity index (χ0v) is 9.32. The van der Waals surface area contributed by atoms with E-state index in [1.165, 1.54) is 12.8 Å². The van der Waals surface area contributed by atoms with E-state index in [2.05, 4.69) is 4.90 Å². The Balaban J connectivity index is 2.07. The van der Waals surface area contributed by atoms with E-state index in [1.54, 1.807) is 4.90 Å². The predicted molar refractivity (Wildman–Crippen MR) is 60.5 cm³/mol. The number of primary amides is 1. The maximum absolute atomic E-state index is 10.9. The van der Waals surface area contributed by atoms with Crippen LogP contribution in [0.2, 0.25) is 0 Å². The lowest BCUT2D eigenvalue weighted by Crippen LogP contribution is -2.50. The van der Waals surface area contributed by atoms with Gasteiger partial charge in [0.2, 0.25) is 0 Å². The Kier molecular flexibility index (Phi) is 5.42. The molecule has 2 amide bonds. The van der Waals surface area contributed by atoms with E-state index in [4.69, 9.17) is 11.5 Å². The van der Waals surface area contributed by atoms with E-state index in [0.29, 0.717) is 0 Å². The third-order valence-corrected chi connectivity index (χ3v) is 2.86. The molecule has 88 valence electrons. The molecule has 1 aliphatic heterocycles. The summed E-state index contributed by atoms with van der Waals surface area (Å²) in [7, 11) is 0. The highest BCUT2D eigenvalue weighted by molar-refractivity contribution is 5.72. The fraction of sp³-hybridized carbons (Fsp3) is 0.900. The number of rotatable bonds is 5. The van der Waals surface area contributed by atoms with Crippen LogP contribution >= 0.6 is 0 Å². The molecule has 5 nitrogen and oxygen atoms in total. The van der Waals surface area contributed by atoms with Crippen molar-refractivity contribution in [3.63, 3.8) is 0 Å². The Hall–Kier alpha value is -0.810. The Labute approximate surface area is 91.4 Å². The third kappa shape index (κ3) is 4.48. The molecule has 0 aliphatic carbocycles. The van der Waals surface area contributed by atoms with Crippen LogP contribution in [0, 0.1) is 0 Å². The van der Waals surface area contributed by atoms with Crippen molar-refractivity contribution in [1.82, 2.24) is 9.80 Å². The SMILES string of the molecule is NCCCCCN1CCN(C(N)=O)CC1. The third-order valence-electron chi connectivity index (χ3n) is 2.86. The van der Waals surface area contributed by atoms with Crippen molar-refractivity contribution in [3.05, 3.63) is 0 Å².